The number of nitrogens with zero attached hydrogens (tertiary/aromatic N) is 6. The van der Waals surface area contributed by atoms with Crippen molar-refractivity contribution in [1.29, 1.82) is 0 Å². The van der Waals surface area contributed by atoms with Crippen LogP contribution in [0.15, 0.2) is 65.3 Å². The molecule has 5 N–H and O–H groups in total. The number of hydrogen-bond acceptors (Lipinski definition) is 15. The summed E-state index contributed by atoms with van der Waals surface area (Å²) in [5.74, 6) is 1.61. The van der Waals surface area contributed by atoms with Crippen LogP contribution in [0.1, 0.15) is 144 Å². The number of aromatic nitrogens is 4. The molecule has 0 aliphatic carbocycles. The summed E-state index contributed by atoms with van der Waals surface area (Å²) < 4.78 is 26.2. The molecule has 0 unspecified atom stereocenters. The van der Waals surface area contributed by atoms with Gasteiger partial charge in [0, 0.05) is 42.7 Å². The Bertz CT molecular complexity index is 3100. The van der Waals surface area contributed by atoms with Gasteiger partial charge in [-0.05, 0) is 135 Å². The maximum absolute atomic E-state index is 13.6. The molecule has 0 radical (unpaired) electrons. The third-order valence-electron chi connectivity index (χ3n) is 15.3. The van der Waals surface area contributed by atoms with Crippen LogP contribution in [0.5, 0.6) is 0 Å². The van der Waals surface area contributed by atoms with E-state index in [2.05, 4.69) is 36.6 Å². The highest BCUT2D eigenvalue weighted by Gasteiger charge is 2.40. The van der Waals surface area contributed by atoms with E-state index in [-0.39, 0.29) is 66.6 Å². The highest BCUT2D eigenvalue weighted by molar-refractivity contribution is 5.89. The van der Waals surface area contributed by atoms with Gasteiger partial charge in [0.15, 0.2) is 0 Å². The van der Waals surface area contributed by atoms with Crippen molar-refractivity contribution in [2.75, 3.05) is 47.0 Å². The molecule has 2 aromatic carbocycles. The Kier molecular flexibility index (Phi) is 21.5. The number of aliphatic hydroxyl groups excluding tert-OH is 1. The van der Waals surface area contributed by atoms with Crippen molar-refractivity contribution in [3.8, 4) is 33.8 Å². The summed E-state index contributed by atoms with van der Waals surface area (Å²) in [6.07, 6.45) is 9.10. The summed E-state index contributed by atoms with van der Waals surface area (Å²) in [7, 11) is 2.57. The maximum Gasteiger partial charge on any atom is 0.410 e. The van der Waals surface area contributed by atoms with E-state index in [0.717, 1.165) is 102 Å². The third kappa shape index (κ3) is 16.5. The van der Waals surface area contributed by atoms with E-state index < -0.39 is 35.5 Å². The van der Waals surface area contributed by atoms with Gasteiger partial charge >= 0.3 is 24.4 Å². The van der Waals surface area contributed by atoms with Crippen LogP contribution in [0.3, 0.4) is 0 Å². The smallest absolute Gasteiger partial charge is 0.410 e. The summed E-state index contributed by atoms with van der Waals surface area (Å²) >= 11 is 0. The second-order valence-electron chi connectivity index (χ2n) is 24.6. The zero-order chi connectivity index (χ0) is 61.9. The second kappa shape index (κ2) is 28.3. The van der Waals surface area contributed by atoms with Crippen LogP contribution in [0.25, 0.3) is 44.8 Å². The number of furan rings is 1. The van der Waals surface area contributed by atoms with Gasteiger partial charge in [-0.3, -0.25) is 14.5 Å². The predicted octanol–water partition coefficient (Wildman–Crippen LogP) is 9.93. The first-order chi connectivity index (χ1) is 40.3. The molecule has 6 amide bonds. The average Bonchev–Trinajstić information content (AvgIpc) is 3.43. The van der Waals surface area contributed by atoms with Crippen LogP contribution in [0.4, 0.5) is 19.2 Å². The Labute approximate surface area is 497 Å². The number of rotatable bonds is 13. The van der Waals surface area contributed by atoms with E-state index in [4.69, 9.17) is 28.5 Å². The predicted molar refractivity (Wildman–Crippen MR) is 318 cm³/mol. The van der Waals surface area contributed by atoms with Gasteiger partial charge in [0.2, 0.25) is 11.8 Å². The Balaban J connectivity index is 0.000000301. The quantitative estimate of drug-likeness (QED) is 0.0541. The van der Waals surface area contributed by atoms with E-state index in [1.54, 1.807) is 27.1 Å². The first-order valence-corrected chi connectivity index (χ1v) is 29.4. The number of benzene rings is 2. The van der Waals surface area contributed by atoms with Gasteiger partial charge in [-0.25, -0.2) is 29.1 Å². The van der Waals surface area contributed by atoms with E-state index in [9.17, 15) is 33.6 Å². The molecule has 23 nitrogen and oxygen atoms in total. The van der Waals surface area contributed by atoms with Crippen LogP contribution in [-0.2, 0) is 33.3 Å². The number of H-pyrrole nitrogens is 2. The third-order valence-corrected chi connectivity index (χ3v) is 15.3. The number of nitrogens with one attached hydrogen (secondary N) is 4. The van der Waals surface area contributed by atoms with E-state index in [1.807, 2.05) is 112 Å². The van der Waals surface area contributed by atoms with Gasteiger partial charge in [0.05, 0.1) is 68.8 Å². The fourth-order valence-corrected chi connectivity index (χ4v) is 10.9. The van der Waals surface area contributed by atoms with Crippen molar-refractivity contribution >= 4 is 53.4 Å². The summed E-state index contributed by atoms with van der Waals surface area (Å²) in [5.41, 5.74) is 4.25. The fraction of sp³-hybridized carbons (Fsp3) is 0.565. The molecule has 0 bridgehead atoms. The largest absolute Gasteiger partial charge is 0.456 e. The standard InChI is InChI=1S/C42H50N8O7.C10H19NO3.C10H17NO3/c1-23(2)35(47-41(53)55-5)39(51)49-17-7-9-31(49)37-43-21-29(45-37)25-11-13-26(14-12-25)34-20-28-19-27(15-16-33(28)57-34)30-22-44-38(46-30)32-10-8-18-50(32)40(52)36(24(3)4)48-42(54)56-6;2*1-10(2,3)14-9(13)11-6-4-5-8(11)7-12/h11-16,19-24,31-32,35-36H,7-10,17-18H2,1-6H3,(H,43,45)(H,44,46)(H,47,53)(H,48,54);8,12H,4-7H2,1-3H3;7-8H,4-6H2,1-3H3/t31-,32-,35-,36-;2*8-/m000/s1. The molecule has 5 aromatic rings. The number of aldehydes is 1. The number of likely N-dealkylation sites (tertiary alicyclic amines) is 4. The highest BCUT2D eigenvalue weighted by atomic mass is 16.6. The van der Waals surface area contributed by atoms with Crippen molar-refractivity contribution in [3.05, 3.63) is 72.6 Å². The monoisotopic (exact) mass is 1180 g/mol. The first-order valence-electron chi connectivity index (χ1n) is 29.4. The van der Waals surface area contributed by atoms with Gasteiger partial charge in [0.1, 0.15) is 52.6 Å². The van der Waals surface area contributed by atoms with Crippen LogP contribution < -0.4 is 10.6 Å². The molecule has 0 spiro atoms. The zero-order valence-electron chi connectivity index (χ0n) is 51.2. The fourth-order valence-electron chi connectivity index (χ4n) is 10.9. The van der Waals surface area contributed by atoms with Crippen molar-refractivity contribution < 1.29 is 62.0 Å². The number of alkyl carbamates (subject to hydrolysis) is 2. The number of methoxy groups -OCH3 is 2. The van der Waals surface area contributed by atoms with E-state index >= 15 is 0 Å². The van der Waals surface area contributed by atoms with Crippen molar-refractivity contribution in [3.63, 3.8) is 0 Å². The van der Waals surface area contributed by atoms with Crippen molar-refractivity contribution in [2.45, 2.75) is 168 Å². The molecular formula is C62H86N10O13. The van der Waals surface area contributed by atoms with E-state index in [1.165, 1.54) is 19.1 Å². The Morgan fingerprint density at radius 2 is 1.08 bits per heavy atom. The normalized spacial score (nSPS) is 19.4. The van der Waals surface area contributed by atoms with E-state index in [0.29, 0.717) is 37.8 Å². The summed E-state index contributed by atoms with van der Waals surface area (Å²) in [5, 5.41) is 15.4. The lowest BCUT2D eigenvalue weighted by Gasteiger charge is -2.30. The van der Waals surface area contributed by atoms with Crippen LogP contribution in [-0.4, -0.2) is 169 Å². The molecular weight excluding hydrogens is 1090 g/mol. The molecule has 6 atom stereocenters. The lowest BCUT2D eigenvalue weighted by atomic mass is 10.0. The van der Waals surface area contributed by atoms with Gasteiger partial charge in [-0.2, -0.15) is 0 Å². The van der Waals surface area contributed by atoms with Gasteiger partial charge in [-0.1, -0.05) is 52.0 Å². The number of hydrogen-bond donors (Lipinski definition) is 5. The number of ether oxygens (including phenoxy) is 4. The lowest BCUT2D eigenvalue weighted by molar-refractivity contribution is -0.136. The number of aliphatic hydroxyl groups is 1. The number of fused-ring (bicyclic) bond motifs is 1. The number of amides is 6. The van der Waals surface area contributed by atoms with Crippen LogP contribution >= 0.6 is 0 Å². The number of carbonyl (C=O) groups excluding carboxylic acids is 7. The Morgan fingerprint density at radius 1 is 0.635 bits per heavy atom. The summed E-state index contributed by atoms with van der Waals surface area (Å²) in [6, 6.07) is 13.8. The molecule has 0 saturated carbocycles. The molecule has 85 heavy (non-hydrogen) atoms. The summed E-state index contributed by atoms with van der Waals surface area (Å²) in [6.45, 7) is 21.1. The minimum absolute atomic E-state index is 0.0270. The molecule has 4 aliphatic rings. The topological polar surface area (TPSA) is 284 Å². The first kappa shape index (κ1) is 64.6. The molecule has 462 valence electrons. The molecule has 23 heteroatoms. The lowest BCUT2D eigenvalue weighted by Crippen LogP contribution is -2.51. The molecule has 4 fully saturated rings. The maximum atomic E-state index is 13.6. The van der Waals surface area contributed by atoms with Crippen molar-refractivity contribution in [2.24, 2.45) is 11.8 Å². The van der Waals surface area contributed by atoms with Crippen LogP contribution in [0, 0.1) is 11.8 Å². The van der Waals surface area contributed by atoms with Crippen LogP contribution in [0.2, 0.25) is 0 Å². The Hall–Kier alpha value is -7.95. The average molecular weight is 1180 g/mol. The second-order valence-corrected chi connectivity index (χ2v) is 24.6. The summed E-state index contributed by atoms with van der Waals surface area (Å²) in [4.78, 5) is 108. The molecule has 4 aliphatic heterocycles. The Morgan fingerprint density at radius 3 is 1.56 bits per heavy atom. The molecule has 3 aromatic heterocycles. The minimum atomic E-state index is -0.700. The van der Waals surface area contributed by atoms with Gasteiger partial charge in [-0.15, -0.1) is 0 Å². The van der Waals surface area contributed by atoms with Gasteiger partial charge in [0.25, 0.3) is 0 Å². The SMILES string of the molecule is CC(C)(C)OC(=O)N1CCC[C@H]1C=O.CC(C)(C)OC(=O)N1CCC[C@H]1CO.COC(=O)N[C@H](C(=O)N1CCC[C@H]1c1ncc(-c2ccc(-c3cc4cc(-c5cnc([C@@H]6CCCN6C(=O)[C@@H](NC(=O)OC)C(C)C)[nH]5)ccc4o3)cc2)[nH]1)C(C)C. The molecule has 4 saturated heterocycles. The van der Waals surface area contributed by atoms with Gasteiger partial charge < -0.3 is 68.6 Å². The molecule has 9 rings (SSSR count). The number of carbonyl (C=O) groups is 7. The van der Waals surface area contributed by atoms with Crippen molar-refractivity contribution in [1.82, 2.24) is 50.2 Å². The number of aromatic amines is 2. The molecule has 7 heterocycles. The zero-order valence-corrected chi connectivity index (χ0v) is 51.2. The minimum Gasteiger partial charge on any atom is -0.456 e. The highest BCUT2D eigenvalue weighted by Crippen LogP contribution is 2.37. The number of imidazole rings is 2.